The van der Waals surface area contributed by atoms with Gasteiger partial charge in [-0.2, -0.15) is 0 Å². The minimum Gasteiger partial charge on any atom is -0.481 e. The van der Waals surface area contributed by atoms with Crippen molar-refractivity contribution in [3.63, 3.8) is 0 Å². The van der Waals surface area contributed by atoms with Crippen LogP contribution in [0.3, 0.4) is 0 Å². The molecule has 1 aromatic heterocycles. The maximum absolute atomic E-state index is 11.7. The topological polar surface area (TPSA) is 83.2 Å². The molecule has 0 saturated heterocycles. The van der Waals surface area contributed by atoms with Gasteiger partial charge in [0.25, 0.3) is 5.91 Å². The maximum Gasteiger partial charge on any atom is 0.309 e. The Morgan fingerprint density at radius 2 is 2.22 bits per heavy atom. The summed E-state index contributed by atoms with van der Waals surface area (Å²) in [6, 6.07) is 1.63. The number of carboxylic acids is 1. The van der Waals surface area contributed by atoms with E-state index in [-0.39, 0.29) is 12.3 Å². The number of aryl methyl sites for hydroxylation is 1. The standard InChI is InChI=1S/C12H17N3O3/c1-9(2)7-13-12(18)10-3-5-15(14-8-10)6-4-11(16)17/h3,5,8-9H,4,6-7H2,1-2H3,(H-,13,16,17,18)/p+1. The molecule has 0 unspecified atom stereocenters. The van der Waals surface area contributed by atoms with Gasteiger partial charge in [0, 0.05) is 12.6 Å². The molecule has 1 amide bonds. The number of carbonyl (C=O) groups is 2. The van der Waals surface area contributed by atoms with Gasteiger partial charge in [0.2, 0.25) is 0 Å². The van der Waals surface area contributed by atoms with Gasteiger partial charge in [-0.05, 0) is 11.0 Å². The largest absolute Gasteiger partial charge is 0.481 e. The van der Waals surface area contributed by atoms with Gasteiger partial charge in [-0.1, -0.05) is 18.5 Å². The van der Waals surface area contributed by atoms with Gasteiger partial charge >= 0.3 is 5.97 Å². The molecule has 1 heterocycles. The number of hydrogen-bond donors (Lipinski definition) is 2. The molecule has 0 radical (unpaired) electrons. The number of nitrogens with zero attached hydrogens (tertiary/aromatic N) is 2. The molecule has 1 rings (SSSR count). The van der Waals surface area contributed by atoms with Gasteiger partial charge < -0.3 is 10.4 Å². The van der Waals surface area contributed by atoms with Crippen LogP contribution in [0.5, 0.6) is 0 Å². The highest BCUT2D eigenvalue weighted by Crippen LogP contribution is 1.95. The smallest absolute Gasteiger partial charge is 0.309 e. The SMILES string of the molecule is CC(C)CNC(=O)c1cc[n+](CCC(=O)O)nc1. The van der Waals surface area contributed by atoms with Crippen LogP contribution in [-0.2, 0) is 11.3 Å². The number of aliphatic carboxylic acids is 1. The van der Waals surface area contributed by atoms with Gasteiger partial charge in [0.1, 0.15) is 12.6 Å². The molecule has 0 atom stereocenters. The molecule has 6 nitrogen and oxygen atoms in total. The van der Waals surface area contributed by atoms with E-state index in [1.54, 1.807) is 12.3 Å². The Morgan fingerprint density at radius 3 is 2.72 bits per heavy atom. The summed E-state index contributed by atoms with van der Waals surface area (Å²) in [6.07, 6.45) is 3.06. The first-order valence-electron chi connectivity index (χ1n) is 5.85. The predicted octanol–water partition coefficient (Wildman–Crippen LogP) is 0.230. The zero-order chi connectivity index (χ0) is 13.5. The van der Waals surface area contributed by atoms with Gasteiger partial charge in [0.05, 0.1) is 5.56 Å². The molecule has 0 bridgehead atoms. The number of hydrogen-bond acceptors (Lipinski definition) is 3. The Kier molecular flexibility index (Phi) is 5.23. The van der Waals surface area contributed by atoms with Gasteiger partial charge in [-0.15, -0.1) is 0 Å². The molecule has 0 aromatic carbocycles. The molecule has 2 N–H and O–H groups in total. The van der Waals surface area contributed by atoms with Crippen LogP contribution in [-0.4, -0.2) is 28.6 Å². The zero-order valence-corrected chi connectivity index (χ0v) is 10.6. The summed E-state index contributed by atoms with van der Waals surface area (Å²) in [5.41, 5.74) is 0.474. The predicted molar refractivity (Wildman–Crippen MR) is 63.9 cm³/mol. The highest BCUT2D eigenvalue weighted by molar-refractivity contribution is 5.93. The summed E-state index contributed by atoms with van der Waals surface area (Å²) < 4.78 is 1.49. The molecular formula is C12H18N3O3+. The van der Waals surface area contributed by atoms with E-state index in [1.165, 1.54) is 10.9 Å². The molecule has 18 heavy (non-hydrogen) atoms. The second-order valence-corrected chi connectivity index (χ2v) is 4.43. The number of rotatable bonds is 6. The summed E-state index contributed by atoms with van der Waals surface area (Å²) >= 11 is 0. The third-order valence-corrected chi connectivity index (χ3v) is 2.26. The molecule has 98 valence electrons. The Hall–Kier alpha value is -1.98. The third kappa shape index (κ3) is 4.90. The van der Waals surface area contributed by atoms with E-state index in [2.05, 4.69) is 10.4 Å². The average molecular weight is 252 g/mol. The average Bonchev–Trinajstić information content (AvgIpc) is 2.34. The van der Waals surface area contributed by atoms with Crippen LogP contribution < -0.4 is 10.00 Å². The van der Waals surface area contributed by atoms with E-state index in [1.807, 2.05) is 13.8 Å². The van der Waals surface area contributed by atoms with Gasteiger partial charge in [-0.25, -0.2) is 0 Å². The van der Waals surface area contributed by atoms with Crippen molar-refractivity contribution in [3.05, 3.63) is 24.0 Å². The summed E-state index contributed by atoms with van der Waals surface area (Å²) in [7, 11) is 0. The number of carbonyl (C=O) groups excluding carboxylic acids is 1. The van der Waals surface area contributed by atoms with Crippen LogP contribution in [0.4, 0.5) is 0 Å². The second kappa shape index (κ2) is 6.68. The minimum atomic E-state index is -0.872. The number of aromatic nitrogens is 2. The van der Waals surface area contributed by atoms with Crippen molar-refractivity contribution in [2.75, 3.05) is 6.54 Å². The van der Waals surface area contributed by atoms with Crippen LogP contribution in [0.15, 0.2) is 18.5 Å². The molecular weight excluding hydrogens is 234 g/mol. The molecule has 0 aliphatic rings. The quantitative estimate of drug-likeness (QED) is 0.710. The van der Waals surface area contributed by atoms with E-state index >= 15 is 0 Å². The summed E-state index contributed by atoms with van der Waals surface area (Å²) in [4.78, 5) is 22.1. The van der Waals surface area contributed by atoms with Crippen molar-refractivity contribution in [2.24, 2.45) is 5.92 Å². The van der Waals surface area contributed by atoms with Crippen molar-refractivity contribution in [1.29, 1.82) is 0 Å². The summed E-state index contributed by atoms with van der Waals surface area (Å²) in [5.74, 6) is -0.643. The fourth-order valence-electron chi connectivity index (χ4n) is 1.26. The molecule has 1 aromatic rings. The van der Waals surface area contributed by atoms with Crippen LogP contribution >= 0.6 is 0 Å². The van der Waals surface area contributed by atoms with E-state index in [0.29, 0.717) is 24.6 Å². The van der Waals surface area contributed by atoms with Gasteiger partial charge in [-0.3, -0.25) is 9.59 Å². The van der Waals surface area contributed by atoms with Gasteiger partial charge in [0.15, 0.2) is 12.7 Å². The van der Waals surface area contributed by atoms with Crippen molar-refractivity contribution >= 4 is 11.9 Å². The Labute approximate surface area is 106 Å². The minimum absolute atomic E-state index is 0.0105. The monoisotopic (exact) mass is 252 g/mol. The highest BCUT2D eigenvalue weighted by Gasteiger charge is 2.10. The molecule has 0 aliphatic carbocycles. The van der Waals surface area contributed by atoms with Crippen LogP contribution in [0.1, 0.15) is 30.6 Å². The molecule has 6 heteroatoms. The maximum atomic E-state index is 11.7. The zero-order valence-electron chi connectivity index (χ0n) is 10.6. The number of amides is 1. The van der Waals surface area contributed by atoms with Crippen LogP contribution in [0.2, 0.25) is 0 Å². The van der Waals surface area contributed by atoms with Crippen molar-refractivity contribution in [3.8, 4) is 0 Å². The van der Waals surface area contributed by atoms with E-state index in [9.17, 15) is 9.59 Å². The van der Waals surface area contributed by atoms with Crippen LogP contribution in [0.25, 0.3) is 0 Å². The lowest BCUT2D eigenvalue weighted by Gasteiger charge is -2.06. The van der Waals surface area contributed by atoms with Crippen molar-refractivity contribution < 1.29 is 19.4 Å². The molecule has 0 aliphatic heterocycles. The highest BCUT2D eigenvalue weighted by atomic mass is 16.4. The van der Waals surface area contributed by atoms with E-state index < -0.39 is 5.97 Å². The van der Waals surface area contributed by atoms with E-state index in [4.69, 9.17) is 5.11 Å². The Bertz CT molecular complexity index is 415. The number of nitrogens with one attached hydrogen (secondary N) is 1. The van der Waals surface area contributed by atoms with Crippen molar-refractivity contribution in [1.82, 2.24) is 10.4 Å². The lowest BCUT2D eigenvalue weighted by atomic mass is 10.2. The van der Waals surface area contributed by atoms with Crippen LogP contribution in [0, 0.1) is 5.92 Å². The Morgan fingerprint density at radius 1 is 1.50 bits per heavy atom. The Balaban J connectivity index is 2.53. The third-order valence-electron chi connectivity index (χ3n) is 2.26. The fraction of sp³-hybridized carbons (Fsp3) is 0.500. The molecule has 0 fully saturated rings. The summed E-state index contributed by atoms with van der Waals surface area (Å²) in [6.45, 7) is 4.95. The number of carboxylic acid groups (broad SMARTS) is 1. The normalized spacial score (nSPS) is 10.4. The first-order valence-corrected chi connectivity index (χ1v) is 5.85. The van der Waals surface area contributed by atoms with E-state index in [0.717, 1.165) is 0 Å². The second-order valence-electron chi connectivity index (χ2n) is 4.43. The first-order chi connectivity index (χ1) is 8.49. The molecule has 0 spiro atoms. The fourth-order valence-corrected chi connectivity index (χ4v) is 1.26. The lowest BCUT2D eigenvalue weighted by molar-refractivity contribution is -0.753. The molecule has 0 saturated carbocycles. The van der Waals surface area contributed by atoms with Crippen molar-refractivity contribution in [2.45, 2.75) is 26.8 Å². The first kappa shape index (κ1) is 14.1. The lowest BCUT2D eigenvalue weighted by Crippen LogP contribution is -2.39. The summed E-state index contributed by atoms with van der Waals surface area (Å²) in [5, 5.41) is 15.3.